The third-order valence-electron chi connectivity index (χ3n) is 12.8. The maximum atomic E-state index is 13.1. The van der Waals surface area contributed by atoms with Crippen LogP contribution in [0.5, 0.6) is 0 Å². The molecule has 0 aromatic carbocycles. The molecular formula is C54H95NO13. The number of aliphatic hydroxyl groups excluding tert-OH is 8. The van der Waals surface area contributed by atoms with E-state index in [0.717, 1.165) is 51.4 Å². The number of unbranched alkanes of at least 4 members (excludes halogenated alkanes) is 18. The second-order valence-corrected chi connectivity index (χ2v) is 18.6. The molecule has 0 bridgehead atoms. The molecule has 0 radical (unpaired) electrons. The lowest BCUT2D eigenvalue weighted by atomic mass is 9.97. The van der Waals surface area contributed by atoms with Crippen molar-refractivity contribution < 1.29 is 64.6 Å². The van der Waals surface area contributed by atoms with Gasteiger partial charge in [0.2, 0.25) is 5.91 Å². The Labute approximate surface area is 409 Å². The minimum absolute atomic E-state index is 0.0703. The molecule has 0 saturated carbocycles. The number of ether oxygens (including phenoxy) is 4. The zero-order valence-electron chi connectivity index (χ0n) is 41.8. The Morgan fingerprint density at radius 2 is 0.956 bits per heavy atom. The fourth-order valence-electron chi connectivity index (χ4n) is 8.48. The molecule has 2 rings (SSSR count). The van der Waals surface area contributed by atoms with Crippen LogP contribution in [0.15, 0.2) is 60.8 Å². The van der Waals surface area contributed by atoms with Crippen molar-refractivity contribution in [1.82, 2.24) is 5.32 Å². The van der Waals surface area contributed by atoms with Gasteiger partial charge in [0.25, 0.3) is 0 Å². The van der Waals surface area contributed by atoms with Crippen LogP contribution in [0.3, 0.4) is 0 Å². The first-order chi connectivity index (χ1) is 33.1. The van der Waals surface area contributed by atoms with Gasteiger partial charge in [-0.05, 0) is 38.5 Å². The summed E-state index contributed by atoms with van der Waals surface area (Å²) in [6.07, 6.45) is 32.5. The lowest BCUT2D eigenvalue weighted by Gasteiger charge is -2.46. The predicted molar refractivity (Wildman–Crippen MR) is 267 cm³/mol. The molecule has 2 aliphatic rings. The Morgan fingerprint density at radius 1 is 0.529 bits per heavy atom. The number of hydrogen-bond acceptors (Lipinski definition) is 13. The third-order valence-corrected chi connectivity index (χ3v) is 12.8. The van der Waals surface area contributed by atoms with Gasteiger partial charge < -0.3 is 65.1 Å². The van der Waals surface area contributed by atoms with Gasteiger partial charge in [-0.3, -0.25) is 4.79 Å². The molecule has 0 aliphatic carbocycles. The highest BCUT2D eigenvalue weighted by Crippen LogP contribution is 2.30. The lowest BCUT2D eigenvalue weighted by molar-refractivity contribution is -0.359. The maximum absolute atomic E-state index is 13.1. The number of amides is 1. The summed E-state index contributed by atoms with van der Waals surface area (Å²) in [5.41, 5.74) is 0. The molecule has 9 N–H and O–H groups in total. The van der Waals surface area contributed by atoms with Crippen molar-refractivity contribution in [2.24, 2.45) is 0 Å². The molecule has 14 nitrogen and oxygen atoms in total. The first kappa shape index (κ1) is 61.8. The molecule has 2 fully saturated rings. The monoisotopic (exact) mass is 966 g/mol. The zero-order valence-corrected chi connectivity index (χ0v) is 41.8. The Kier molecular flexibility index (Phi) is 36.6. The normalized spacial score (nSPS) is 26.9. The summed E-state index contributed by atoms with van der Waals surface area (Å²) in [7, 11) is 0. The highest BCUT2D eigenvalue weighted by molar-refractivity contribution is 5.77. The smallest absolute Gasteiger partial charge is 0.224 e. The number of rotatable bonds is 40. The molecule has 14 heteroatoms. The molecule has 0 aromatic rings. The molecule has 12 unspecified atom stereocenters. The van der Waals surface area contributed by atoms with Crippen LogP contribution >= 0.6 is 0 Å². The van der Waals surface area contributed by atoms with Crippen molar-refractivity contribution in [3.05, 3.63) is 60.8 Å². The second kappa shape index (κ2) is 40.3. The van der Waals surface area contributed by atoms with Crippen LogP contribution in [0.25, 0.3) is 0 Å². The van der Waals surface area contributed by atoms with Crippen molar-refractivity contribution in [3.63, 3.8) is 0 Å². The number of aliphatic hydroxyl groups is 8. The van der Waals surface area contributed by atoms with Crippen molar-refractivity contribution in [1.29, 1.82) is 0 Å². The van der Waals surface area contributed by atoms with Gasteiger partial charge in [-0.1, -0.05) is 197 Å². The topological polar surface area (TPSA) is 228 Å². The van der Waals surface area contributed by atoms with Crippen molar-refractivity contribution >= 4 is 5.91 Å². The molecule has 2 saturated heterocycles. The van der Waals surface area contributed by atoms with E-state index in [1.807, 2.05) is 12.2 Å². The van der Waals surface area contributed by atoms with Gasteiger partial charge >= 0.3 is 0 Å². The Morgan fingerprint density at radius 3 is 1.43 bits per heavy atom. The first-order valence-corrected chi connectivity index (χ1v) is 26.5. The Bertz CT molecular complexity index is 1370. The van der Waals surface area contributed by atoms with Crippen LogP contribution in [0.1, 0.15) is 181 Å². The van der Waals surface area contributed by atoms with E-state index in [9.17, 15) is 45.6 Å². The van der Waals surface area contributed by atoms with E-state index in [1.54, 1.807) is 6.08 Å². The van der Waals surface area contributed by atoms with Crippen molar-refractivity contribution in [2.75, 3.05) is 19.8 Å². The number of allylic oxidation sites excluding steroid dienone is 9. The summed E-state index contributed by atoms with van der Waals surface area (Å²) in [5.74, 6) is -0.335. The maximum Gasteiger partial charge on any atom is 0.224 e. The summed E-state index contributed by atoms with van der Waals surface area (Å²) in [5, 5.41) is 86.9. The molecular weight excluding hydrogens is 871 g/mol. The van der Waals surface area contributed by atoms with Crippen LogP contribution in [-0.4, -0.2) is 140 Å². The molecule has 1 amide bonds. The summed E-state index contributed by atoms with van der Waals surface area (Å²) < 4.78 is 22.7. The highest BCUT2D eigenvalue weighted by atomic mass is 16.7. The van der Waals surface area contributed by atoms with Gasteiger partial charge in [-0.2, -0.15) is 0 Å². The second-order valence-electron chi connectivity index (χ2n) is 18.6. The number of hydrogen-bond donors (Lipinski definition) is 9. The van der Waals surface area contributed by atoms with Gasteiger partial charge in [0.1, 0.15) is 48.8 Å². The highest BCUT2D eigenvalue weighted by Gasteiger charge is 2.51. The third kappa shape index (κ3) is 26.8. The molecule has 0 spiro atoms. The average Bonchev–Trinajstić information content (AvgIpc) is 3.34. The standard InChI is InChI=1S/C54H95NO13/c1-3-5-7-9-11-13-15-17-19-20-21-22-24-25-27-29-31-33-35-37-43(58)42(55-46(59)38-36-34-32-30-28-26-23-18-16-14-12-10-8-6-4-2)41-65-53-51(64)49(62)52(45(40-57)67-53)68-54-50(63)48(61)47(60)44(39-56)66-54/h6,8,12,14,18,23,28,30,34,36,42-45,47-54,56-58,60-64H,3-5,7,9-11,13,15-17,19-22,24-27,29,31-33,35,37-41H2,1-2H3,(H,55,59)/b8-6-,14-12-,23-18-,30-28-,36-34-. The Hall–Kier alpha value is -2.31. The van der Waals surface area contributed by atoms with E-state index >= 15 is 0 Å². The van der Waals surface area contributed by atoms with Gasteiger partial charge in [0.15, 0.2) is 12.6 Å². The average molecular weight is 966 g/mol. The fourth-order valence-corrected chi connectivity index (χ4v) is 8.48. The van der Waals surface area contributed by atoms with E-state index in [4.69, 9.17) is 18.9 Å². The Balaban J connectivity index is 1.85. The number of carbonyl (C=O) groups is 1. The first-order valence-electron chi connectivity index (χ1n) is 26.5. The van der Waals surface area contributed by atoms with Crippen molar-refractivity contribution in [3.8, 4) is 0 Å². The molecule has 394 valence electrons. The van der Waals surface area contributed by atoms with Crippen molar-refractivity contribution in [2.45, 2.75) is 254 Å². The molecule has 68 heavy (non-hydrogen) atoms. The zero-order chi connectivity index (χ0) is 49.6. The largest absolute Gasteiger partial charge is 0.394 e. The van der Waals surface area contributed by atoms with Crippen LogP contribution in [0, 0.1) is 0 Å². The SMILES string of the molecule is CC/C=C\C/C=C\C/C=C\C/C=C\C/C=C\CC(=O)NC(COC1OC(CO)C(OC2OC(CO)C(O)C(O)C2O)C(O)C1O)C(O)CCCCCCCCCCCCCCCCCCCCC. The molecule has 0 aromatic heterocycles. The molecule has 2 heterocycles. The van der Waals surface area contributed by atoms with E-state index in [1.165, 1.54) is 96.3 Å². The van der Waals surface area contributed by atoms with E-state index in [2.05, 4.69) is 61.7 Å². The lowest BCUT2D eigenvalue weighted by Crippen LogP contribution is -2.65. The molecule has 2 aliphatic heterocycles. The summed E-state index contributed by atoms with van der Waals surface area (Å²) >= 11 is 0. The van der Waals surface area contributed by atoms with Gasteiger partial charge in [-0.25, -0.2) is 0 Å². The predicted octanol–water partition coefficient (Wildman–Crippen LogP) is 7.44. The van der Waals surface area contributed by atoms with Gasteiger partial charge in [0.05, 0.1) is 32.0 Å². The van der Waals surface area contributed by atoms with Crippen LogP contribution in [-0.2, 0) is 23.7 Å². The fraction of sp³-hybridized carbons (Fsp3) is 0.796. The van der Waals surface area contributed by atoms with Gasteiger partial charge in [0, 0.05) is 6.42 Å². The van der Waals surface area contributed by atoms with Crippen LogP contribution in [0.2, 0.25) is 0 Å². The van der Waals surface area contributed by atoms with E-state index < -0.39 is 86.8 Å². The minimum Gasteiger partial charge on any atom is -0.394 e. The minimum atomic E-state index is -1.79. The summed E-state index contributed by atoms with van der Waals surface area (Å²) in [6, 6.07) is -0.885. The van der Waals surface area contributed by atoms with Gasteiger partial charge in [-0.15, -0.1) is 0 Å². The van der Waals surface area contributed by atoms with E-state index in [0.29, 0.717) is 12.8 Å². The molecule has 12 atom stereocenters. The van der Waals surface area contributed by atoms with E-state index in [-0.39, 0.29) is 18.9 Å². The van der Waals surface area contributed by atoms with Crippen LogP contribution < -0.4 is 5.32 Å². The quantitative estimate of drug-likeness (QED) is 0.0215. The number of nitrogens with one attached hydrogen (secondary N) is 1. The van der Waals surface area contributed by atoms with Crippen LogP contribution in [0.4, 0.5) is 0 Å². The summed E-state index contributed by atoms with van der Waals surface area (Å²) in [4.78, 5) is 13.1. The number of carbonyl (C=O) groups excluding carboxylic acids is 1. The summed E-state index contributed by atoms with van der Waals surface area (Å²) in [6.45, 7) is 2.67.